The van der Waals surface area contributed by atoms with Crippen LogP contribution in [0, 0.1) is 0 Å². The van der Waals surface area contributed by atoms with Gasteiger partial charge >= 0.3 is 6.09 Å². The zero-order valence-electron chi connectivity index (χ0n) is 14.7. The fraction of sp³-hybridized carbons (Fsp3) is 0.526. The second-order valence-electron chi connectivity index (χ2n) is 7.43. The van der Waals surface area contributed by atoms with E-state index in [9.17, 15) is 13.6 Å². The number of carbonyl (C=O) groups is 1. The van der Waals surface area contributed by atoms with Crippen molar-refractivity contribution in [2.75, 3.05) is 13.2 Å². The Kier molecular flexibility index (Phi) is 4.82. The van der Waals surface area contributed by atoms with Crippen LogP contribution in [0.15, 0.2) is 30.3 Å². The Balaban J connectivity index is 1.91. The molecule has 136 valence electrons. The quantitative estimate of drug-likeness (QED) is 0.792. The van der Waals surface area contributed by atoms with Crippen molar-refractivity contribution in [1.29, 1.82) is 0 Å². The first-order valence-corrected chi connectivity index (χ1v) is 8.43. The van der Waals surface area contributed by atoms with Crippen molar-refractivity contribution in [2.45, 2.75) is 51.3 Å². The summed E-state index contributed by atoms with van der Waals surface area (Å²) < 4.78 is 37.7. The number of morpholine rings is 1. The average molecular weight is 351 g/mol. The summed E-state index contributed by atoms with van der Waals surface area (Å²) in [5.41, 5.74) is 0.837. The highest BCUT2D eigenvalue weighted by Gasteiger charge is 2.40. The Bertz CT molecular complexity index is 681. The number of rotatable bonds is 2. The second-order valence-corrected chi connectivity index (χ2v) is 7.43. The van der Waals surface area contributed by atoms with Crippen molar-refractivity contribution < 1.29 is 23.0 Å². The van der Waals surface area contributed by atoms with Gasteiger partial charge < -0.3 is 9.47 Å². The lowest BCUT2D eigenvalue weighted by atomic mass is 9.88. The van der Waals surface area contributed by atoms with Crippen LogP contribution in [-0.4, -0.2) is 41.9 Å². The molecule has 2 aliphatic rings. The van der Waals surface area contributed by atoms with Crippen LogP contribution in [-0.2, 0) is 9.47 Å². The van der Waals surface area contributed by atoms with E-state index in [2.05, 4.69) is 0 Å². The largest absolute Gasteiger partial charge is 0.444 e. The molecule has 0 aliphatic carbocycles. The zero-order chi connectivity index (χ0) is 18.2. The minimum Gasteiger partial charge on any atom is -0.444 e. The molecule has 1 fully saturated rings. The monoisotopic (exact) mass is 351 g/mol. The van der Waals surface area contributed by atoms with Crippen LogP contribution in [0.1, 0.15) is 44.7 Å². The van der Waals surface area contributed by atoms with Crippen LogP contribution in [0.3, 0.4) is 0 Å². The molecule has 3 rings (SSSR count). The van der Waals surface area contributed by atoms with Gasteiger partial charge in [-0.1, -0.05) is 30.3 Å². The molecule has 4 nitrogen and oxygen atoms in total. The lowest BCUT2D eigenvalue weighted by Crippen LogP contribution is -2.57. The Labute approximate surface area is 146 Å². The molecule has 6 heteroatoms. The molecule has 2 atom stereocenters. The lowest BCUT2D eigenvalue weighted by Gasteiger charge is -2.44. The number of fused-ring (bicyclic) bond motifs is 2. The van der Waals surface area contributed by atoms with Crippen molar-refractivity contribution in [3.8, 4) is 0 Å². The van der Waals surface area contributed by atoms with Crippen LogP contribution < -0.4 is 0 Å². The zero-order valence-corrected chi connectivity index (χ0v) is 14.7. The van der Waals surface area contributed by atoms with Gasteiger partial charge in [-0.3, -0.25) is 4.90 Å². The number of nitrogens with zero attached hydrogens (tertiary/aromatic N) is 1. The molecule has 2 unspecified atom stereocenters. The van der Waals surface area contributed by atoms with Crippen molar-refractivity contribution in [3.63, 3.8) is 0 Å². The van der Waals surface area contributed by atoms with Gasteiger partial charge in [0.2, 0.25) is 0 Å². The highest BCUT2D eigenvalue weighted by molar-refractivity contribution is 5.76. The van der Waals surface area contributed by atoms with Crippen molar-refractivity contribution in [2.24, 2.45) is 0 Å². The number of hydrogen-bond acceptors (Lipinski definition) is 3. The number of benzene rings is 1. The number of ether oxygens (including phenoxy) is 2. The molecule has 1 saturated heterocycles. The smallest absolute Gasteiger partial charge is 0.411 e. The van der Waals surface area contributed by atoms with E-state index >= 15 is 0 Å². The molecular formula is C19H23F2NO3. The van der Waals surface area contributed by atoms with E-state index in [1.807, 2.05) is 26.8 Å². The summed E-state index contributed by atoms with van der Waals surface area (Å²) in [6, 6.07) is 6.03. The first-order chi connectivity index (χ1) is 11.8. The summed E-state index contributed by atoms with van der Waals surface area (Å²) in [5, 5.41) is 0. The van der Waals surface area contributed by atoms with Crippen LogP contribution in [0.4, 0.5) is 13.6 Å². The third-order valence-electron chi connectivity index (χ3n) is 4.34. The van der Waals surface area contributed by atoms with Crippen molar-refractivity contribution in [3.05, 3.63) is 41.5 Å². The summed E-state index contributed by atoms with van der Waals surface area (Å²) in [4.78, 5) is 14.2. The summed E-state index contributed by atoms with van der Waals surface area (Å²) in [5.74, 6) is 0. The Hall–Kier alpha value is -1.95. The van der Waals surface area contributed by atoms with Gasteiger partial charge in [0.25, 0.3) is 6.43 Å². The second kappa shape index (κ2) is 6.75. The Morgan fingerprint density at radius 3 is 2.64 bits per heavy atom. The van der Waals surface area contributed by atoms with Crippen molar-refractivity contribution in [1.82, 2.24) is 4.90 Å². The predicted molar refractivity (Wildman–Crippen MR) is 90.5 cm³/mol. The molecule has 25 heavy (non-hydrogen) atoms. The maximum Gasteiger partial charge on any atom is 0.411 e. The van der Waals surface area contributed by atoms with Gasteiger partial charge in [-0.05, 0) is 38.3 Å². The normalized spacial score (nSPS) is 23.4. The van der Waals surface area contributed by atoms with Crippen LogP contribution in [0.25, 0.3) is 5.57 Å². The van der Waals surface area contributed by atoms with E-state index in [0.29, 0.717) is 25.2 Å². The topological polar surface area (TPSA) is 38.8 Å². The van der Waals surface area contributed by atoms with Gasteiger partial charge in [0, 0.05) is 5.56 Å². The molecule has 0 saturated carbocycles. The number of amides is 1. The molecule has 0 N–H and O–H groups in total. The molecule has 0 spiro atoms. The molecule has 2 aliphatic heterocycles. The average Bonchev–Trinajstić information content (AvgIpc) is 2.51. The Morgan fingerprint density at radius 2 is 2.00 bits per heavy atom. The minimum atomic E-state index is -2.53. The fourth-order valence-corrected chi connectivity index (χ4v) is 3.37. The number of halogens is 2. The number of alkyl halides is 2. The summed E-state index contributed by atoms with van der Waals surface area (Å²) in [7, 11) is 0. The SMILES string of the molecule is CC(C)(C)OC(=O)N1C2C=C(c3ccccc3C(F)F)CC1COC2. The van der Waals surface area contributed by atoms with Gasteiger partial charge in [-0.2, -0.15) is 0 Å². The third kappa shape index (κ3) is 3.84. The first kappa shape index (κ1) is 17.9. The summed E-state index contributed by atoms with van der Waals surface area (Å²) in [6.07, 6.45) is -0.583. The van der Waals surface area contributed by atoms with E-state index in [1.54, 1.807) is 23.1 Å². The molecule has 1 aromatic carbocycles. The van der Waals surface area contributed by atoms with Gasteiger partial charge in [-0.15, -0.1) is 0 Å². The lowest BCUT2D eigenvalue weighted by molar-refractivity contribution is -0.0511. The summed E-state index contributed by atoms with van der Waals surface area (Å²) in [6.45, 7) is 6.18. The Morgan fingerprint density at radius 1 is 1.28 bits per heavy atom. The standard InChI is InChI=1S/C19H23F2NO3/c1-19(2,3)25-18(23)22-13-8-12(9-14(22)11-24-10-13)15-6-4-5-7-16(15)17(20)21/h4-8,13-14,17H,9-11H2,1-3H3. The van der Waals surface area contributed by atoms with Gasteiger partial charge in [0.15, 0.2) is 0 Å². The minimum absolute atomic E-state index is 0.0264. The van der Waals surface area contributed by atoms with E-state index < -0.39 is 12.0 Å². The molecule has 0 radical (unpaired) electrons. The highest BCUT2D eigenvalue weighted by Crippen LogP contribution is 2.37. The van der Waals surface area contributed by atoms with Crippen LogP contribution in [0.2, 0.25) is 0 Å². The number of hydrogen-bond donors (Lipinski definition) is 0. The molecule has 2 bridgehead atoms. The first-order valence-electron chi connectivity index (χ1n) is 8.43. The van der Waals surface area contributed by atoms with Crippen LogP contribution >= 0.6 is 0 Å². The fourth-order valence-electron chi connectivity index (χ4n) is 3.37. The van der Waals surface area contributed by atoms with Crippen molar-refractivity contribution >= 4 is 11.7 Å². The maximum absolute atomic E-state index is 13.3. The molecule has 0 aromatic heterocycles. The van der Waals surface area contributed by atoms with Gasteiger partial charge in [0.05, 0.1) is 25.3 Å². The molecule has 2 heterocycles. The highest BCUT2D eigenvalue weighted by atomic mass is 19.3. The predicted octanol–water partition coefficient (Wildman–Crippen LogP) is 4.42. The van der Waals surface area contributed by atoms with E-state index in [0.717, 1.165) is 5.57 Å². The summed E-state index contributed by atoms with van der Waals surface area (Å²) >= 11 is 0. The van der Waals surface area contributed by atoms with Gasteiger partial charge in [-0.25, -0.2) is 13.6 Å². The van der Waals surface area contributed by atoms with E-state index in [1.165, 1.54) is 6.07 Å². The maximum atomic E-state index is 13.3. The molecular weight excluding hydrogens is 328 g/mol. The third-order valence-corrected chi connectivity index (χ3v) is 4.34. The molecule has 1 aromatic rings. The molecule has 1 amide bonds. The van der Waals surface area contributed by atoms with Gasteiger partial charge in [0.1, 0.15) is 5.60 Å². The number of carbonyl (C=O) groups excluding carboxylic acids is 1. The van der Waals surface area contributed by atoms with E-state index in [4.69, 9.17) is 9.47 Å². The van der Waals surface area contributed by atoms with E-state index in [-0.39, 0.29) is 23.7 Å². The van der Waals surface area contributed by atoms with Crippen LogP contribution in [0.5, 0.6) is 0 Å².